The van der Waals surface area contributed by atoms with E-state index in [1.54, 1.807) is 23.2 Å². The molecule has 1 aliphatic heterocycles. The number of amides is 1. The molecule has 9 nitrogen and oxygen atoms in total. The Labute approximate surface area is 171 Å². The Hall–Kier alpha value is -3.62. The third-order valence-electron chi connectivity index (χ3n) is 5.66. The zero-order valence-corrected chi connectivity index (χ0v) is 16.4. The number of rotatable bonds is 5. The molecule has 1 amide bonds. The van der Waals surface area contributed by atoms with Crippen molar-refractivity contribution >= 4 is 28.9 Å². The molecule has 0 unspecified atom stereocenters. The van der Waals surface area contributed by atoms with Crippen molar-refractivity contribution in [2.24, 2.45) is 5.92 Å². The number of fused-ring (bicyclic) bond motifs is 1. The van der Waals surface area contributed by atoms with Crippen LogP contribution in [0.3, 0.4) is 0 Å². The quantitative estimate of drug-likeness (QED) is 0.503. The number of carboxylic acids is 1. The van der Waals surface area contributed by atoms with Crippen molar-refractivity contribution in [3.05, 3.63) is 57.5 Å². The van der Waals surface area contributed by atoms with Gasteiger partial charge in [-0.15, -0.1) is 0 Å². The van der Waals surface area contributed by atoms with Crippen molar-refractivity contribution in [3.8, 4) is 0 Å². The fraction of sp³-hybridized carbons (Fsp3) is 0.333. The number of nitrogens with zero attached hydrogens (tertiary/aromatic N) is 2. The van der Waals surface area contributed by atoms with Crippen LogP contribution in [0.4, 0.5) is 5.95 Å². The highest BCUT2D eigenvalue weighted by atomic mass is 16.4. The maximum atomic E-state index is 12.7. The molecule has 0 bridgehead atoms. The van der Waals surface area contributed by atoms with Gasteiger partial charge in [0.05, 0.1) is 11.3 Å². The number of anilines is 1. The normalized spacial score (nSPS) is 14.9. The summed E-state index contributed by atoms with van der Waals surface area (Å²) in [4.78, 5) is 47.2. The highest BCUT2D eigenvalue weighted by Gasteiger charge is 2.27. The molecule has 1 aromatic carbocycles. The molecule has 0 radical (unpaired) electrons. The maximum Gasteiger partial charge on any atom is 0.306 e. The van der Waals surface area contributed by atoms with Crippen molar-refractivity contribution < 1.29 is 14.7 Å². The Bertz CT molecular complexity index is 1140. The van der Waals surface area contributed by atoms with E-state index in [4.69, 9.17) is 10.8 Å². The molecule has 1 fully saturated rings. The molecule has 0 spiro atoms. The van der Waals surface area contributed by atoms with Gasteiger partial charge in [0.25, 0.3) is 11.5 Å². The molecule has 3 heterocycles. The number of carboxylic acid groups (broad SMARTS) is 1. The first-order valence-corrected chi connectivity index (χ1v) is 9.89. The van der Waals surface area contributed by atoms with Gasteiger partial charge in [-0.3, -0.25) is 19.4 Å². The summed E-state index contributed by atoms with van der Waals surface area (Å²) in [6, 6.07) is 7.41. The van der Waals surface area contributed by atoms with Crippen molar-refractivity contribution in [3.63, 3.8) is 0 Å². The van der Waals surface area contributed by atoms with E-state index in [2.05, 4.69) is 15.0 Å². The van der Waals surface area contributed by atoms with Gasteiger partial charge in [-0.25, -0.2) is 0 Å². The van der Waals surface area contributed by atoms with E-state index in [-0.39, 0.29) is 23.3 Å². The fourth-order valence-corrected chi connectivity index (χ4v) is 3.92. The number of aromatic nitrogens is 3. The Morgan fingerprint density at radius 1 is 1.17 bits per heavy atom. The minimum atomic E-state index is -0.789. The molecular weight excluding hydrogens is 386 g/mol. The number of nitrogens with two attached hydrogens (primary N) is 1. The Morgan fingerprint density at radius 3 is 2.53 bits per heavy atom. The van der Waals surface area contributed by atoms with E-state index in [1.807, 2.05) is 12.1 Å². The first kappa shape index (κ1) is 19.7. The van der Waals surface area contributed by atoms with Crippen LogP contribution in [0.5, 0.6) is 0 Å². The van der Waals surface area contributed by atoms with Crippen LogP contribution in [0, 0.1) is 5.92 Å². The monoisotopic (exact) mass is 409 g/mol. The summed E-state index contributed by atoms with van der Waals surface area (Å²) in [5.74, 6) is -1.15. The average Bonchev–Trinajstić information content (AvgIpc) is 3.15. The lowest BCUT2D eigenvalue weighted by molar-refractivity contribution is -0.143. The molecule has 0 saturated carbocycles. The van der Waals surface area contributed by atoms with Crippen LogP contribution < -0.4 is 11.3 Å². The Balaban J connectivity index is 1.39. The number of nitrogen functional groups attached to an aromatic ring is 1. The number of hydrogen-bond donors (Lipinski definition) is 4. The summed E-state index contributed by atoms with van der Waals surface area (Å²) in [5, 5.41) is 9.60. The number of piperidine rings is 1. The standard InChI is InChI=1S/C21H23N5O4/c22-21-24-17-16(18(27)25-21)15(11-23-17)6-3-12-1-4-13(5-2-12)19(28)26-9-7-14(8-10-26)20(29)30/h1-2,4-5,11,14H,3,6-10H2,(H,29,30)(H4,22,23,24,25,27). The third-order valence-corrected chi connectivity index (χ3v) is 5.66. The number of carbonyl (C=O) groups excluding carboxylic acids is 1. The molecule has 0 atom stereocenters. The van der Waals surface area contributed by atoms with E-state index >= 15 is 0 Å². The predicted molar refractivity (Wildman–Crippen MR) is 111 cm³/mol. The van der Waals surface area contributed by atoms with E-state index < -0.39 is 5.97 Å². The molecule has 9 heteroatoms. The van der Waals surface area contributed by atoms with Crippen molar-refractivity contribution in [1.82, 2.24) is 19.9 Å². The second-order valence-electron chi connectivity index (χ2n) is 7.59. The van der Waals surface area contributed by atoms with Gasteiger partial charge in [0.1, 0.15) is 5.65 Å². The minimum absolute atomic E-state index is 0.0720. The molecule has 3 aromatic rings. The molecule has 1 saturated heterocycles. The zero-order chi connectivity index (χ0) is 21.3. The molecule has 2 aromatic heterocycles. The maximum absolute atomic E-state index is 12.7. The lowest BCUT2D eigenvalue weighted by Gasteiger charge is -2.30. The highest BCUT2D eigenvalue weighted by Crippen LogP contribution is 2.20. The van der Waals surface area contributed by atoms with Crippen LogP contribution in [-0.4, -0.2) is 49.9 Å². The summed E-state index contributed by atoms with van der Waals surface area (Å²) in [5.41, 5.74) is 8.28. The zero-order valence-electron chi connectivity index (χ0n) is 16.4. The number of nitrogens with one attached hydrogen (secondary N) is 2. The number of likely N-dealkylation sites (tertiary alicyclic amines) is 1. The fourth-order valence-electron chi connectivity index (χ4n) is 3.92. The molecule has 1 aliphatic rings. The van der Waals surface area contributed by atoms with Gasteiger partial charge < -0.3 is 20.7 Å². The average molecular weight is 409 g/mol. The third kappa shape index (κ3) is 3.91. The van der Waals surface area contributed by atoms with Gasteiger partial charge in [-0.2, -0.15) is 4.98 Å². The molecular formula is C21H23N5O4. The van der Waals surface area contributed by atoms with E-state index in [9.17, 15) is 14.4 Å². The first-order valence-electron chi connectivity index (χ1n) is 9.89. The van der Waals surface area contributed by atoms with Gasteiger partial charge in [0.2, 0.25) is 5.95 Å². The van der Waals surface area contributed by atoms with E-state index in [0.717, 1.165) is 11.1 Å². The van der Waals surface area contributed by atoms with E-state index in [0.29, 0.717) is 55.4 Å². The number of H-pyrrole nitrogens is 2. The number of carbonyl (C=O) groups is 2. The summed E-state index contributed by atoms with van der Waals surface area (Å²) in [6.45, 7) is 0.927. The first-order chi connectivity index (χ1) is 14.4. The summed E-state index contributed by atoms with van der Waals surface area (Å²) in [7, 11) is 0. The van der Waals surface area contributed by atoms with Gasteiger partial charge in [-0.1, -0.05) is 12.1 Å². The molecule has 156 valence electrons. The summed E-state index contributed by atoms with van der Waals surface area (Å²) in [6.07, 6.45) is 4.09. The second kappa shape index (κ2) is 8.02. The molecule has 5 N–H and O–H groups in total. The van der Waals surface area contributed by atoms with Gasteiger partial charge in [0.15, 0.2) is 0 Å². The number of benzene rings is 1. The Morgan fingerprint density at radius 2 is 1.87 bits per heavy atom. The Kier molecular flexibility index (Phi) is 5.26. The summed E-state index contributed by atoms with van der Waals surface area (Å²) < 4.78 is 0. The number of aliphatic carboxylic acids is 1. The number of aryl methyl sites for hydroxylation is 2. The molecule has 4 rings (SSSR count). The predicted octanol–water partition coefficient (Wildman–Crippen LogP) is 1.56. The summed E-state index contributed by atoms with van der Waals surface area (Å²) >= 11 is 0. The second-order valence-corrected chi connectivity index (χ2v) is 7.59. The van der Waals surface area contributed by atoms with Gasteiger partial charge in [0, 0.05) is 24.8 Å². The largest absolute Gasteiger partial charge is 0.481 e. The minimum Gasteiger partial charge on any atom is -0.481 e. The number of aromatic amines is 2. The smallest absolute Gasteiger partial charge is 0.306 e. The van der Waals surface area contributed by atoms with E-state index in [1.165, 1.54) is 0 Å². The van der Waals surface area contributed by atoms with Gasteiger partial charge in [-0.05, 0) is 48.9 Å². The van der Waals surface area contributed by atoms with Crippen molar-refractivity contribution in [1.29, 1.82) is 0 Å². The molecule has 30 heavy (non-hydrogen) atoms. The van der Waals surface area contributed by atoms with Crippen LogP contribution in [0.2, 0.25) is 0 Å². The lowest BCUT2D eigenvalue weighted by atomic mass is 9.96. The van der Waals surface area contributed by atoms with Crippen LogP contribution >= 0.6 is 0 Å². The topological polar surface area (TPSA) is 145 Å². The number of hydrogen-bond acceptors (Lipinski definition) is 5. The highest BCUT2D eigenvalue weighted by molar-refractivity contribution is 5.94. The van der Waals surface area contributed by atoms with Crippen LogP contribution in [0.1, 0.15) is 34.3 Å². The van der Waals surface area contributed by atoms with Crippen molar-refractivity contribution in [2.45, 2.75) is 25.7 Å². The van der Waals surface area contributed by atoms with Crippen molar-refractivity contribution in [2.75, 3.05) is 18.8 Å². The van der Waals surface area contributed by atoms with Crippen LogP contribution in [-0.2, 0) is 17.6 Å². The van der Waals surface area contributed by atoms with Crippen LogP contribution in [0.15, 0.2) is 35.3 Å². The molecule has 0 aliphatic carbocycles. The van der Waals surface area contributed by atoms with Crippen LogP contribution in [0.25, 0.3) is 11.0 Å². The van der Waals surface area contributed by atoms with Gasteiger partial charge >= 0.3 is 5.97 Å². The SMILES string of the molecule is Nc1nc2[nH]cc(CCc3ccc(C(=O)N4CCC(C(=O)O)CC4)cc3)c2c(=O)[nH]1. The lowest BCUT2D eigenvalue weighted by Crippen LogP contribution is -2.40.